The molecule has 0 radical (unpaired) electrons. The van der Waals surface area contributed by atoms with Gasteiger partial charge in [-0.05, 0) is 50.3 Å². The van der Waals surface area contributed by atoms with Crippen LogP contribution in [0.25, 0.3) is 0 Å². The average molecular weight is 292 g/mol. The van der Waals surface area contributed by atoms with Crippen LogP contribution in [-0.2, 0) is 4.79 Å². The molecule has 2 N–H and O–H groups in total. The molecule has 2 atom stereocenters. The van der Waals surface area contributed by atoms with Crippen molar-refractivity contribution in [1.82, 2.24) is 10.2 Å². The predicted octanol–water partition coefficient (Wildman–Crippen LogP) is 1.95. The minimum Gasteiger partial charge on any atom is -0.393 e. The maximum Gasteiger partial charge on any atom is 0.241 e. The number of nitrogens with zero attached hydrogens (tertiary/aromatic N) is 1. The molecule has 1 aliphatic carbocycles. The van der Waals surface area contributed by atoms with Crippen LogP contribution in [0.1, 0.15) is 44.3 Å². The molecule has 2 fully saturated rings. The van der Waals surface area contributed by atoms with Crippen molar-refractivity contribution in [3.8, 4) is 0 Å². The molecule has 5 heteroatoms. The Balaban J connectivity index is 1.84. The van der Waals surface area contributed by atoms with Crippen LogP contribution in [0.15, 0.2) is 24.3 Å². The highest BCUT2D eigenvalue weighted by molar-refractivity contribution is 5.84. The Morgan fingerprint density at radius 3 is 2.43 bits per heavy atom. The van der Waals surface area contributed by atoms with E-state index < -0.39 is 0 Å². The predicted molar refractivity (Wildman–Crippen MR) is 76.8 cm³/mol. The molecule has 1 saturated carbocycles. The van der Waals surface area contributed by atoms with Crippen molar-refractivity contribution in [1.29, 1.82) is 0 Å². The molecule has 0 bridgehead atoms. The van der Waals surface area contributed by atoms with E-state index in [0.717, 1.165) is 31.2 Å². The van der Waals surface area contributed by atoms with Crippen molar-refractivity contribution in [2.24, 2.45) is 0 Å². The molecule has 1 saturated heterocycles. The van der Waals surface area contributed by atoms with Gasteiger partial charge in [-0.1, -0.05) is 12.1 Å². The minimum absolute atomic E-state index is 0.0886. The molecule has 1 aliphatic heterocycles. The number of aliphatic hydroxyl groups is 1. The van der Waals surface area contributed by atoms with Gasteiger partial charge >= 0.3 is 0 Å². The van der Waals surface area contributed by atoms with Gasteiger partial charge in [0.15, 0.2) is 0 Å². The Kier molecular flexibility index (Phi) is 3.95. The first-order chi connectivity index (χ1) is 10.1. The molecule has 1 aromatic rings. The molecule has 1 amide bonds. The summed E-state index contributed by atoms with van der Waals surface area (Å²) in [4.78, 5) is 14.4. The van der Waals surface area contributed by atoms with Crippen LogP contribution in [0.2, 0.25) is 0 Å². The first-order valence-corrected chi connectivity index (χ1v) is 7.58. The summed E-state index contributed by atoms with van der Waals surface area (Å²) in [5, 5.41) is 12.9. The van der Waals surface area contributed by atoms with Crippen LogP contribution in [0, 0.1) is 5.82 Å². The number of benzene rings is 1. The molecule has 21 heavy (non-hydrogen) atoms. The lowest BCUT2D eigenvalue weighted by Gasteiger charge is -2.36. The van der Waals surface area contributed by atoms with E-state index in [-0.39, 0.29) is 36.1 Å². The summed E-state index contributed by atoms with van der Waals surface area (Å²) in [7, 11) is 0. The van der Waals surface area contributed by atoms with E-state index in [9.17, 15) is 14.3 Å². The Morgan fingerprint density at radius 2 is 1.81 bits per heavy atom. The normalized spacial score (nSPS) is 33.5. The fourth-order valence-corrected chi connectivity index (χ4v) is 3.37. The first-order valence-electron chi connectivity index (χ1n) is 7.58. The van der Waals surface area contributed by atoms with Gasteiger partial charge in [0.1, 0.15) is 12.0 Å². The molecular weight excluding hydrogens is 271 g/mol. The van der Waals surface area contributed by atoms with Crippen LogP contribution in [0.4, 0.5) is 4.39 Å². The molecule has 3 rings (SSSR count). The minimum atomic E-state index is -0.275. The molecule has 4 nitrogen and oxygen atoms in total. The Morgan fingerprint density at radius 1 is 1.19 bits per heavy atom. The zero-order valence-electron chi connectivity index (χ0n) is 12.1. The van der Waals surface area contributed by atoms with Crippen LogP contribution in [-0.4, -0.2) is 34.1 Å². The smallest absolute Gasteiger partial charge is 0.241 e. The summed E-state index contributed by atoms with van der Waals surface area (Å²) in [5.41, 5.74) is 0.903. The monoisotopic (exact) mass is 292 g/mol. The number of rotatable bonds is 2. The number of carbonyl (C=O) groups excluding carboxylic acids is 1. The molecule has 114 valence electrons. The van der Waals surface area contributed by atoms with Crippen LogP contribution in [0.3, 0.4) is 0 Å². The highest BCUT2D eigenvalue weighted by atomic mass is 19.1. The third kappa shape index (κ3) is 2.80. The number of amides is 1. The van der Waals surface area contributed by atoms with Gasteiger partial charge in [-0.2, -0.15) is 0 Å². The first kappa shape index (κ1) is 14.5. The molecule has 0 aromatic heterocycles. The SMILES string of the molecule is CC1NC(c2ccc(F)cc2)N(C2CCC(O)CC2)C1=O. The maximum absolute atomic E-state index is 13.1. The third-order valence-electron chi connectivity index (χ3n) is 4.56. The number of halogens is 1. The fourth-order valence-electron chi connectivity index (χ4n) is 3.37. The van der Waals surface area contributed by atoms with Crippen molar-refractivity contribution < 1.29 is 14.3 Å². The summed E-state index contributed by atoms with van der Waals surface area (Å²) in [6.07, 6.45) is 2.66. The number of hydrogen-bond acceptors (Lipinski definition) is 3. The van der Waals surface area contributed by atoms with E-state index >= 15 is 0 Å². The Hall–Kier alpha value is -1.46. The van der Waals surface area contributed by atoms with E-state index in [4.69, 9.17) is 0 Å². The van der Waals surface area contributed by atoms with E-state index in [1.165, 1.54) is 12.1 Å². The number of hydrogen-bond donors (Lipinski definition) is 2. The maximum atomic E-state index is 13.1. The topological polar surface area (TPSA) is 52.6 Å². The largest absolute Gasteiger partial charge is 0.393 e. The second-order valence-corrected chi connectivity index (χ2v) is 6.05. The van der Waals surface area contributed by atoms with Gasteiger partial charge < -0.3 is 10.0 Å². The lowest BCUT2D eigenvalue weighted by Crippen LogP contribution is -2.42. The average Bonchev–Trinajstić information content (AvgIpc) is 2.77. The number of nitrogens with one attached hydrogen (secondary N) is 1. The molecule has 1 aromatic carbocycles. The second-order valence-electron chi connectivity index (χ2n) is 6.05. The van der Waals surface area contributed by atoms with Crippen molar-refractivity contribution in [3.05, 3.63) is 35.6 Å². The van der Waals surface area contributed by atoms with Gasteiger partial charge in [0.2, 0.25) is 5.91 Å². The molecule has 2 aliphatic rings. The number of aliphatic hydroxyl groups excluding tert-OH is 1. The van der Waals surface area contributed by atoms with Gasteiger partial charge in [-0.15, -0.1) is 0 Å². The van der Waals surface area contributed by atoms with E-state index in [0.29, 0.717) is 0 Å². The van der Waals surface area contributed by atoms with E-state index in [1.54, 1.807) is 12.1 Å². The lowest BCUT2D eigenvalue weighted by molar-refractivity contribution is -0.133. The van der Waals surface area contributed by atoms with Gasteiger partial charge in [0.25, 0.3) is 0 Å². The van der Waals surface area contributed by atoms with Crippen molar-refractivity contribution in [2.75, 3.05) is 0 Å². The van der Waals surface area contributed by atoms with Crippen molar-refractivity contribution in [2.45, 2.75) is 57.0 Å². The standard InChI is InChI=1S/C16H21FN2O2/c1-10-16(21)19(13-6-8-14(20)9-7-13)15(18-10)11-2-4-12(17)5-3-11/h2-5,10,13-15,18,20H,6-9H2,1H3. The molecule has 1 heterocycles. The third-order valence-corrected chi connectivity index (χ3v) is 4.56. The van der Waals surface area contributed by atoms with Gasteiger partial charge in [0, 0.05) is 6.04 Å². The van der Waals surface area contributed by atoms with Crippen LogP contribution >= 0.6 is 0 Å². The zero-order chi connectivity index (χ0) is 15.0. The van der Waals surface area contributed by atoms with Gasteiger partial charge in [0.05, 0.1) is 12.1 Å². The van der Waals surface area contributed by atoms with Crippen molar-refractivity contribution >= 4 is 5.91 Å². The summed E-state index contributed by atoms with van der Waals surface area (Å²) in [5.74, 6) is -0.186. The Labute approximate surface area is 124 Å². The van der Waals surface area contributed by atoms with Crippen molar-refractivity contribution in [3.63, 3.8) is 0 Å². The Bertz CT molecular complexity index is 512. The zero-order valence-corrected chi connectivity index (χ0v) is 12.1. The molecular formula is C16H21FN2O2. The highest BCUT2D eigenvalue weighted by Crippen LogP contribution is 2.33. The molecule has 0 spiro atoms. The quantitative estimate of drug-likeness (QED) is 0.876. The fraction of sp³-hybridized carbons (Fsp3) is 0.562. The summed E-state index contributed by atoms with van der Waals surface area (Å²) in [6.45, 7) is 1.86. The lowest BCUT2D eigenvalue weighted by atomic mass is 9.91. The van der Waals surface area contributed by atoms with Gasteiger partial charge in [-0.3, -0.25) is 10.1 Å². The summed E-state index contributed by atoms with van der Waals surface area (Å²) < 4.78 is 13.1. The van der Waals surface area contributed by atoms with E-state index in [1.807, 2.05) is 11.8 Å². The highest BCUT2D eigenvalue weighted by Gasteiger charge is 2.41. The van der Waals surface area contributed by atoms with Crippen LogP contribution < -0.4 is 5.32 Å². The molecule has 2 unspecified atom stereocenters. The summed E-state index contributed by atoms with van der Waals surface area (Å²) in [6, 6.07) is 6.22. The van der Waals surface area contributed by atoms with E-state index in [2.05, 4.69) is 5.32 Å². The van der Waals surface area contributed by atoms with Gasteiger partial charge in [-0.25, -0.2) is 4.39 Å². The number of carbonyl (C=O) groups is 1. The summed E-state index contributed by atoms with van der Waals surface area (Å²) >= 11 is 0. The van der Waals surface area contributed by atoms with Crippen LogP contribution in [0.5, 0.6) is 0 Å². The second kappa shape index (κ2) is 5.73.